The Kier molecular flexibility index (Phi) is 6.40. The lowest BCUT2D eigenvalue weighted by atomic mass is 10.1. The van der Waals surface area contributed by atoms with Gasteiger partial charge in [0.15, 0.2) is 11.5 Å². The van der Waals surface area contributed by atoms with Crippen molar-refractivity contribution in [3.8, 4) is 17.6 Å². The number of rotatable bonds is 7. The van der Waals surface area contributed by atoms with Gasteiger partial charge in [0, 0.05) is 0 Å². The van der Waals surface area contributed by atoms with Crippen LogP contribution in [-0.4, -0.2) is 33.7 Å². The first-order valence-electron chi connectivity index (χ1n) is 8.42. The smallest absolute Gasteiger partial charge is 0.267 e. The highest BCUT2D eigenvalue weighted by atomic mass is 35.5. The van der Waals surface area contributed by atoms with Gasteiger partial charge in [0.2, 0.25) is 0 Å². The number of aryl methyl sites for hydroxylation is 1. The monoisotopic (exact) mass is 482 g/mol. The number of benzene rings is 1. The normalized spacial score (nSPS) is 10.9. The van der Waals surface area contributed by atoms with Crippen LogP contribution in [0.4, 0.5) is 11.6 Å². The highest BCUT2D eigenvalue weighted by Gasteiger charge is 2.28. The molecule has 0 radical (unpaired) electrons. The van der Waals surface area contributed by atoms with Gasteiger partial charge in [-0.2, -0.15) is 5.26 Å². The van der Waals surface area contributed by atoms with Crippen molar-refractivity contribution in [2.24, 2.45) is 0 Å². The molecule has 31 heavy (non-hydrogen) atoms. The molecule has 2 N–H and O–H groups in total. The van der Waals surface area contributed by atoms with Crippen LogP contribution in [0.5, 0.6) is 11.5 Å². The number of ether oxygens (including phenoxy) is 2. The number of nitrogens with zero attached hydrogens (tertiary/aromatic N) is 2. The molecule has 0 aliphatic rings. The average molecular weight is 483 g/mol. The number of nitrogens with one attached hydrogen (secondary N) is 2. The Hall–Kier alpha value is -3.27. The first kappa shape index (κ1) is 22.4. The molecule has 0 aliphatic heterocycles. The Labute approximate surface area is 186 Å². The van der Waals surface area contributed by atoms with E-state index in [1.807, 2.05) is 6.07 Å². The fourth-order valence-corrected chi connectivity index (χ4v) is 5.08. The van der Waals surface area contributed by atoms with Crippen LogP contribution in [0, 0.1) is 18.3 Å². The summed E-state index contributed by atoms with van der Waals surface area (Å²) in [4.78, 5) is 12.5. The van der Waals surface area contributed by atoms with Crippen LogP contribution in [0.2, 0.25) is 5.02 Å². The minimum absolute atomic E-state index is 0.00425. The Balaban J connectivity index is 1.97. The van der Waals surface area contributed by atoms with E-state index in [0.717, 1.165) is 11.3 Å². The Bertz CT molecular complexity index is 1290. The molecule has 162 valence electrons. The number of anilines is 2. The molecule has 0 spiro atoms. The molecule has 13 heteroatoms. The van der Waals surface area contributed by atoms with Crippen LogP contribution in [0.1, 0.15) is 20.9 Å². The average Bonchev–Trinajstić information content (AvgIpc) is 3.36. The SMILES string of the molecule is COc1ccc(C#N)c(NC(=O)c2sccc2S(=O)(=O)Nc2onc(C)c2Cl)c1OC. The second-order valence-electron chi connectivity index (χ2n) is 5.92. The zero-order valence-electron chi connectivity index (χ0n) is 16.3. The molecule has 0 unspecified atom stereocenters. The summed E-state index contributed by atoms with van der Waals surface area (Å²) in [7, 11) is -1.48. The third-order valence-electron chi connectivity index (χ3n) is 4.05. The Morgan fingerprint density at radius 3 is 2.61 bits per heavy atom. The molecule has 0 saturated heterocycles. The third-order valence-corrected chi connectivity index (χ3v) is 6.91. The molecule has 1 amide bonds. The quantitative estimate of drug-likeness (QED) is 0.519. The first-order valence-corrected chi connectivity index (χ1v) is 11.2. The van der Waals surface area contributed by atoms with Crippen molar-refractivity contribution in [3.63, 3.8) is 0 Å². The summed E-state index contributed by atoms with van der Waals surface area (Å²) in [6, 6.07) is 6.16. The summed E-state index contributed by atoms with van der Waals surface area (Å²) >= 11 is 6.86. The standard InChI is InChI=1S/C18H15ClN4O6S2/c1-9-13(19)18(29-22-9)23-31(25,26)12-6-7-30-16(12)17(24)21-14-10(8-20)4-5-11(27-2)15(14)28-3/h4-7,23H,1-3H3,(H,21,24). The van der Waals surface area contributed by atoms with E-state index in [4.69, 9.17) is 25.6 Å². The van der Waals surface area contributed by atoms with E-state index in [-0.39, 0.29) is 43.4 Å². The lowest BCUT2D eigenvalue weighted by molar-refractivity contribution is 0.102. The highest BCUT2D eigenvalue weighted by molar-refractivity contribution is 7.93. The van der Waals surface area contributed by atoms with Crippen molar-refractivity contribution < 1.29 is 27.2 Å². The molecule has 0 fully saturated rings. The number of carbonyl (C=O) groups excluding carboxylic acids is 1. The van der Waals surface area contributed by atoms with Crippen LogP contribution >= 0.6 is 22.9 Å². The molecular weight excluding hydrogens is 468 g/mol. The van der Waals surface area contributed by atoms with Crippen LogP contribution in [-0.2, 0) is 10.0 Å². The summed E-state index contributed by atoms with van der Waals surface area (Å²) < 4.78 is 43.1. The van der Waals surface area contributed by atoms with Crippen molar-refractivity contribution in [3.05, 3.63) is 44.7 Å². The summed E-state index contributed by atoms with van der Waals surface area (Å²) in [5, 5.41) is 17.0. The van der Waals surface area contributed by atoms with Gasteiger partial charge in [0.1, 0.15) is 32.2 Å². The van der Waals surface area contributed by atoms with Gasteiger partial charge in [-0.25, -0.2) is 13.1 Å². The minimum atomic E-state index is -4.23. The van der Waals surface area contributed by atoms with Gasteiger partial charge in [-0.3, -0.25) is 4.79 Å². The molecule has 3 rings (SSSR count). The molecule has 0 aliphatic carbocycles. The Morgan fingerprint density at radius 1 is 1.29 bits per heavy atom. The maximum absolute atomic E-state index is 12.9. The Morgan fingerprint density at radius 2 is 2.03 bits per heavy atom. The van der Waals surface area contributed by atoms with Crippen molar-refractivity contribution in [1.29, 1.82) is 5.26 Å². The topological polar surface area (TPSA) is 144 Å². The van der Waals surface area contributed by atoms with E-state index in [9.17, 15) is 18.5 Å². The number of amides is 1. The predicted octanol–water partition coefficient (Wildman–Crippen LogP) is 3.64. The lowest BCUT2D eigenvalue weighted by Gasteiger charge is -2.15. The summed E-state index contributed by atoms with van der Waals surface area (Å²) in [5.74, 6) is -0.623. The second kappa shape index (κ2) is 8.84. The number of sulfonamides is 1. The molecule has 0 atom stereocenters. The van der Waals surface area contributed by atoms with Crippen LogP contribution in [0.15, 0.2) is 33.0 Å². The van der Waals surface area contributed by atoms with Gasteiger partial charge in [-0.15, -0.1) is 11.3 Å². The first-order chi connectivity index (χ1) is 14.7. The van der Waals surface area contributed by atoms with Crippen LogP contribution < -0.4 is 19.5 Å². The number of halogens is 1. The van der Waals surface area contributed by atoms with Crippen molar-refractivity contribution in [2.75, 3.05) is 24.3 Å². The van der Waals surface area contributed by atoms with E-state index in [1.165, 1.54) is 37.8 Å². The molecule has 0 bridgehead atoms. The maximum atomic E-state index is 12.9. The van der Waals surface area contributed by atoms with E-state index in [2.05, 4.69) is 15.2 Å². The molecule has 2 heterocycles. The predicted molar refractivity (Wildman–Crippen MR) is 114 cm³/mol. The van der Waals surface area contributed by atoms with E-state index in [0.29, 0.717) is 5.69 Å². The van der Waals surface area contributed by atoms with E-state index < -0.39 is 15.9 Å². The number of aromatic nitrogens is 1. The van der Waals surface area contributed by atoms with Gasteiger partial charge in [-0.05, 0) is 30.5 Å². The molecule has 3 aromatic rings. The number of hydrogen-bond acceptors (Lipinski definition) is 9. The van der Waals surface area contributed by atoms with Gasteiger partial charge in [0.05, 0.1) is 19.8 Å². The van der Waals surface area contributed by atoms with Crippen molar-refractivity contribution >= 4 is 50.4 Å². The number of carbonyl (C=O) groups is 1. The lowest BCUT2D eigenvalue weighted by Crippen LogP contribution is -2.19. The highest BCUT2D eigenvalue weighted by Crippen LogP contribution is 2.38. The number of hydrogen-bond donors (Lipinski definition) is 2. The zero-order valence-corrected chi connectivity index (χ0v) is 18.7. The molecule has 0 saturated carbocycles. The summed E-state index contributed by atoms with van der Waals surface area (Å²) in [6.07, 6.45) is 0. The maximum Gasteiger partial charge on any atom is 0.267 e. The molecular formula is C18H15ClN4O6S2. The zero-order chi connectivity index (χ0) is 22.8. The number of nitriles is 1. The van der Waals surface area contributed by atoms with E-state index >= 15 is 0 Å². The van der Waals surface area contributed by atoms with Gasteiger partial charge >= 0.3 is 0 Å². The molecule has 2 aromatic heterocycles. The van der Waals surface area contributed by atoms with Crippen LogP contribution in [0.25, 0.3) is 0 Å². The fourth-order valence-electron chi connectivity index (χ4n) is 2.59. The van der Waals surface area contributed by atoms with Crippen molar-refractivity contribution in [1.82, 2.24) is 5.16 Å². The fraction of sp³-hybridized carbons (Fsp3) is 0.167. The minimum Gasteiger partial charge on any atom is -0.493 e. The molecule has 1 aromatic carbocycles. The van der Waals surface area contributed by atoms with E-state index in [1.54, 1.807) is 6.92 Å². The molecule has 10 nitrogen and oxygen atoms in total. The van der Waals surface area contributed by atoms with Crippen LogP contribution in [0.3, 0.4) is 0 Å². The van der Waals surface area contributed by atoms with Gasteiger partial charge in [0.25, 0.3) is 21.8 Å². The third kappa shape index (κ3) is 4.29. The second-order valence-corrected chi connectivity index (χ2v) is 8.87. The largest absolute Gasteiger partial charge is 0.493 e. The van der Waals surface area contributed by atoms with Gasteiger partial charge < -0.3 is 19.3 Å². The number of methoxy groups -OCH3 is 2. The summed E-state index contributed by atoms with van der Waals surface area (Å²) in [5.41, 5.74) is 0.457. The van der Waals surface area contributed by atoms with Crippen molar-refractivity contribution in [2.45, 2.75) is 11.8 Å². The summed E-state index contributed by atoms with van der Waals surface area (Å²) in [6.45, 7) is 1.54. The van der Waals surface area contributed by atoms with Gasteiger partial charge in [-0.1, -0.05) is 16.8 Å². The number of thiophene rings is 1.